The van der Waals surface area contributed by atoms with Crippen molar-refractivity contribution in [3.8, 4) is 0 Å². The molecule has 0 atom stereocenters. The highest BCUT2D eigenvalue weighted by molar-refractivity contribution is 7.99. The molecule has 1 aromatic carbocycles. The van der Waals surface area contributed by atoms with Gasteiger partial charge in [0.1, 0.15) is 0 Å². The highest BCUT2D eigenvalue weighted by Gasteiger charge is 2.13. The van der Waals surface area contributed by atoms with E-state index >= 15 is 0 Å². The average Bonchev–Trinajstić information content (AvgIpc) is 2.92. The first kappa shape index (κ1) is 17.3. The molecule has 3 N–H and O–H groups in total. The van der Waals surface area contributed by atoms with Crippen molar-refractivity contribution in [3.05, 3.63) is 35.7 Å². The average molecular weight is 333 g/mol. The number of carbonyl (C=O) groups is 1. The second-order valence-electron chi connectivity index (χ2n) is 5.38. The van der Waals surface area contributed by atoms with Crippen LogP contribution in [0.5, 0.6) is 0 Å². The van der Waals surface area contributed by atoms with Gasteiger partial charge in [-0.1, -0.05) is 42.8 Å². The van der Waals surface area contributed by atoms with Crippen molar-refractivity contribution < 1.29 is 4.79 Å². The van der Waals surface area contributed by atoms with Crippen molar-refractivity contribution in [2.24, 2.45) is 5.73 Å². The molecular formula is C16H23N5OS. The molecule has 1 amide bonds. The molecule has 0 unspecified atom stereocenters. The van der Waals surface area contributed by atoms with E-state index in [9.17, 15) is 4.79 Å². The Balaban J connectivity index is 2.06. The van der Waals surface area contributed by atoms with Crippen LogP contribution in [0.25, 0.3) is 0 Å². The first-order chi connectivity index (χ1) is 11.1. The maximum absolute atomic E-state index is 11.0. The van der Waals surface area contributed by atoms with E-state index in [-0.39, 0.29) is 11.7 Å². The quantitative estimate of drug-likeness (QED) is 0.689. The zero-order valence-corrected chi connectivity index (χ0v) is 14.4. The normalized spacial score (nSPS) is 10.7. The summed E-state index contributed by atoms with van der Waals surface area (Å²) >= 11 is 1.34. The standard InChI is InChI=1S/C16H23N5OS/c1-3-4-9-21-15(19-20-16(21)23-11-14(17)22)10-18-13-7-5-12(2)6-8-13/h5-8,18H,3-4,9-11H2,1-2H3,(H2,17,22). The molecule has 0 fully saturated rings. The molecule has 1 heterocycles. The Kier molecular flexibility index (Phi) is 6.46. The lowest BCUT2D eigenvalue weighted by molar-refractivity contribution is -0.115. The molecule has 124 valence electrons. The van der Waals surface area contributed by atoms with E-state index in [0.29, 0.717) is 6.54 Å². The molecule has 6 nitrogen and oxygen atoms in total. The third kappa shape index (κ3) is 5.28. The van der Waals surface area contributed by atoms with Gasteiger partial charge in [-0.3, -0.25) is 4.79 Å². The van der Waals surface area contributed by atoms with Crippen LogP contribution < -0.4 is 11.1 Å². The van der Waals surface area contributed by atoms with Gasteiger partial charge >= 0.3 is 0 Å². The fourth-order valence-electron chi connectivity index (χ4n) is 2.09. The van der Waals surface area contributed by atoms with Crippen molar-refractivity contribution in [2.75, 3.05) is 11.1 Å². The lowest BCUT2D eigenvalue weighted by atomic mass is 10.2. The van der Waals surface area contributed by atoms with Crippen LogP contribution in [0.2, 0.25) is 0 Å². The summed E-state index contributed by atoms with van der Waals surface area (Å²) in [6.45, 7) is 5.64. The Bertz CT molecular complexity index is 638. The van der Waals surface area contributed by atoms with Crippen molar-refractivity contribution in [3.63, 3.8) is 0 Å². The highest BCUT2D eigenvalue weighted by atomic mass is 32.2. The number of nitrogens with one attached hydrogen (secondary N) is 1. The number of thioether (sulfide) groups is 1. The van der Waals surface area contributed by atoms with Crippen LogP contribution in [0.15, 0.2) is 29.4 Å². The number of anilines is 1. The molecule has 0 aliphatic heterocycles. The van der Waals surface area contributed by atoms with Crippen molar-refractivity contribution in [2.45, 2.75) is 44.9 Å². The minimum atomic E-state index is -0.348. The molecule has 0 radical (unpaired) electrons. The number of aryl methyl sites for hydroxylation is 1. The number of hydrogen-bond donors (Lipinski definition) is 2. The summed E-state index contributed by atoms with van der Waals surface area (Å²) in [5.41, 5.74) is 7.49. The van der Waals surface area contributed by atoms with Gasteiger partial charge in [0.25, 0.3) is 0 Å². The third-order valence-electron chi connectivity index (χ3n) is 3.37. The van der Waals surface area contributed by atoms with Crippen LogP contribution in [-0.4, -0.2) is 26.4 Å². The van der Waals surface area contributed by atoms with Gasteiger partial charge in [-0.15, -0.1) is 10.2 Å². The Morgan fingerprint density at radius 2 is 2.04 bits per heavy atom. The Labute approximate surface area is 140 Å². The monoisotopic (exact) mass is 333 g/mol. The van der Waals surface area contributed by atoms with E-state index in [1.807, 2.05) is 12.1 Å². The number of primary amides is 1. The van der Waals surface area contributed by atoms with Gasteiger partial charge in [0.15, 0.2) is 11.0 Å². The molecule has 0 aliphatic carbocycles. The molecular weight excluding hydrogens is 310 g/mol. The van der Waals surface area contributed by atoms with Crippen LogP contribution in [-0.2, 0) is 17.9 Å². The molecule has 0 saturated heterocycles. The summed E-state index contributed by atoms with van der Waals surface area (Å²) in [4.78, 5) is 11.0. The van der Waals surface area contributed by atoms with Gasteiger partial charge in [0.05, 0.1) is 12.3 Å². The van der Waals surface area contributed by atoms with Gasteiger partial charge < -0.3 is 15.6 Å². The van der Waals surface area contributed by atoms with Gasteiger partial charge in [0.2, 0.25) is 5.91 Å². The zero-order valence-electron chi connectivity index (χ0n) is 13.6. The van der Waals surface area contributed by atoms with Crippen LogP contribution in [0.4, 0.5) is 5.69 Å². The van der Waals surface area contributed by atoms with E-state index in [0.717, 1.165) is 36.1 Å². The van der Waals surface area contributed by atoms with Crippen LogP contribution in [0.1, 0.15) is 31.2 Å². The highest BCUT2D eigenvalue weighted by Crippen LogP contribution is 2.18. The number of nitrogens with two attached hydrogens (primary N) is 1. The maximum atomic E-state index is 11.0. The van der Waals surface area contributed by atoms with E-state index in [1.54, 1.807) is 0 Å². The summed E-state index contributed by atoms with van der Waals surface area (Å²) in [7, 11) is 0. The second kappa shape index (κ2) is 8.57. The van der Waals surface area contributed by atoms with E-state index in [1.165, 1.54) is 17.3 Å². The lowest BCUT2D eigenvalue weighted by Crippen LogP contribution is -2.14. The topological polar surface area (TPSA) is 85.8 Å². The van der Waals surface area contributed by atoms with Gasteiger partial charge in [-0.25, -0.2) is 0 Å². The fourth-order valence-corrected chi connectivity index (χ4v) is 2.81. The maximum Gasteiger partial charge on any atom is 0.227 e. The molecule has 23 heavy (non-hydrogen) atoms. The fraction of sp³-hybridized carbons (Fsp3) is 0.438. The molecule has 0 aliphatic rings. The van der Waals surface area contributed by atoms with E-state index in [2.05, 4.69) is 46.1 Å². The number of amides is 1. The first-order valence-corrected chi connectivity index (χ1v) is 8.72. The molecule has 0 bridgehead atoms. The second-order valence-corrected chi connectivity index (χ2v) is 6.32. The van der Waals surface area contributed by atoms with E-state index in [4.69, 9.17) is 5.73 Å². The Morgan fingerprint density at radius 1 is 1.30 bits per heavy atom. The third-order valence-corrected chi connectivity index (χ3v) is 4.36. The number of carbonyl (C=O) groups excluding carboxylic acids is 1. The molecule has 2 aromatic rings. The van der Waals surface area contributed by atoms with E-state index < -0.39 is 0 Å². The Hall–Kier alpha value is -2.02. The van der Waals surface area contributed by atoms with Gasteiger partial charge in [0, 0.05) is 12.2 Å². The predicted octanol–water partition coefficient (Wildman–Crippen LogP) is 2.58. The van der Waals surface area contributed by atoms with Crippen molar-refractivity contribution in [1.29, 1.82) is 0 Å². The molecule has 1 aromatic heterocycles. The van der Waals surface area contributed by atoms with Crippen LogP contribution in [0.3, 0.4) is 0 Å². The molecule has 7 heteroatoms. The molecule has 2 rings (SSSR count). The number of rotatable bonds is 9. The number of hydrogen-bond acceptors (Lipinski definition) is 5. The SMILES string of the molecule is CCCCn1c(CNc2ccc(C)cc2)nnc1SCC(N)=O. The number of aromatic nitrogens is 3. The lowest BCUT2D eigenvalue weighted by Gasteiger charge is -2.10. The summed E-state index contributed by atoms with van der Waals surface area (Å²) in [5, 5.41) is 12.6. The number of benzene rings is 1. The molecule has 0 spiro atoms. The minimum Gasteiger partial charge on any atom is -0.378 e. The van der Waals surface area contributed by atoms with Crippen molar-refractivity contribution >= 4 is 23.4 Å². The Morgan fingerprint density at radius 3 is 2.70 bits per heavy atom. The predicted molar refractivity (Wildman–Crippen MR) is 93.4 cm³/mol. The van der Waals surface area contributed by atoms with Crippen LogP contribution >= 0.6 is 11.8 Å². The number of unbranched alkanes of at least 4 members (excludes halogenated alkanes) is 1. The number of nitrogens with zero attached hydrogens (tertiary/aromatic N) is 3. The largest absolute Gasteiger partial charge is 0.378 e. The summed E-state index contributed by atoms with van der Waals surface area (Å²) < 4.78 is 2.07. The smallest absolute Gasteiger partial charge is 0.227 e. The zero-order chi connectivity index (χ0) is 16.7. The summed E-state index contributed by atoms with van der Waals surface area (Å²) in [6.07, 6.45) is 2.13. The first-order valence-electron chi connectivity index (χ1n) is 7.74. The van der Waals surface area contributed by atoms with Crippen molar-refractivity contribution in [1.82, 2.24) is 14.8 Å². The van der Waals surface area contributed by atoms with Gasteiger partial charge in [-0.05, 0) is 25.5 Å². The minimum absolute atomic E-state index is 0.218. The summed E-state index contributed by atoms with van der Waals surface area (Å²) in [5.74, 6) is 0.737. The molecule has 0 saturated carbocycles. The van der Waals surface area contributed by atoms with Gasteiger partial charge in [-0.2, -0.15) is 0 Å². The summed E-state index contributed by atoms with van der Waals surface area (Å²) in [6, 6.07) is 8.23. The van der Waals surface area contributed by atoms with Crippen LogP contribution in [0, 0.1) is 6.92 Å².